The summed E-state index contributed by atoms with van der Waals surface area (Å²) in [5.74, 6) is -0.956. The van der Waals surface area contributed by atoms with Crippen LogP contribution in [0.4, 0.5) is 0 Å². The second-order valence-electron chi connectivity index (χ2n) is 10.2. The van der Waals surface area contributed by atoms with Crippen molar-refractivity contribution < 1.29 is 54.0 Å². The minimum absolute atomic E-state index is 0.0595. The van der Waals surface area contributed by atoms with Crippen LogP contribution in [0, 0.1) is 0 Å². The molecule has 1 saturated heterocycles. The number of benzene rings is 2. The summed E-state index contributed by atoms with van der Waals surface area (Å²) in [6, 6.07) is 7.53. The lowest BCUT2D eigenvalue weighted by atomic mass is 9.95. The third-order valence-corrected chi connectivity index (χ3v) is 7.16. The Labute approximate surface area is 229 Å². The van der Waals surface area contributed by atoms with E-state index in [-0.39, 0.29) is 34.5 Å². The van der Waals surface area contributed by atoms with Crippen LogP contribution >= 0.6 is 0 Å². The van der Waals surface area contributed by atoms with Gasteiger partial charge in [0.05, 0.1) is 19.3 Å². The molecule has 0 radical (unpaired) electrons. The summed E-state index contributed by atoms with van der Waals surface area (Å²) in [5, 5.41) is 61.7. The fourth-order valence-corrected chi connectivity index (χ4v) is 4.46. The molecule has 3 aromatic rings. The van der Waals surface area contributed by atoms with Crippen LogP contribution in [0.25, 0.3) is 22.3 Å². The zero-order chi connectivity index (χ0) is 29.4. The molecule has 0 aliphatic carbocycles. The number of hydrogen-bond donors (Lipinski definition) is 6. The summed E-state index contributed by atoms with van der Waals surface area (Å²) in [6.45, 7) is 3.03. The Balaban J connectivity index is 1.90. The molecule has 2 unspecified atom stereocenters. The number of aliphatic hydroxyl groups excluding tert-OH is 4. The number of methoxy groups -OCH3 is 2. The van der Waals surface area contributed by atoms with Gasteiger partial charge in [0.25, 0.3) is 0 Å². The Kier molecular flexibility index (Phi) is 8.59. The van der Waals surface area contributed by atoms with E-state index in [0.29, 0.717) is 17.7 Å². The Hall–Kier alpha value is -3.39. The van der Waals surface area contributed by atoms with E-state index in [4.69, 9.17) is 23.4 Å². The molecule has 12 heteroatoms. The third kappa shape index (κ3) is 5.59. The van der Waals surface area contributed by atoms with E-state index in [1.807, 2.05) is 13.8 Å². The first kappa shape index (κ1) is 29.6. The van der Waals surface area contributed by atoms with Gasteiger partial charge in [-0.1, -0.05) is 0 Å². The summed E-state index contributed by atoms with van der Waals surface area (Å²) in [7, 11) is 3.04. The largest absolute Gasteiger partial charge is 0.507 e. The van der Waals surface area contributed by atoms with E-state index in [0.717, 1.165) is 6.07 Å². The summed E-state index contributed by atoms with van der Waals surface area (Å²) in [4.78, 5) is 13.3. The van der Waals surface area contributed by atoms with Crippen molar-refractivity contribution in [2.75, 3.05) is 20.8 Å². The van der Waals surface area contributed by atoms with Crippen LogP contribution in [0.2, 0.25) is 0 Å². The van der Waals surface area contributed by atoms with E-state index >= 15 is 0 Å². The fraction of sp³-hybridized carbons (Fsp3) is 0.464. The van der Waals surface area contributed by atoms with Gasteiger partial charge in [-0.15, -0.1) is 0 Å². The molecule has 5 atom stereocenters. The van der Waals surface area contributed by atoms with Gasteiger partial charge in [0, 0.05) is 24.3 Å². The van der Waals surface area contributed by atoms with Gasteiger partial charge in [0.15, 0.2) is 5.76 Å². The summed E-state index contributed by atoms with van der Waals surface area (Å²) < 4.78 is 28.1. The summed E-state index contributed by atoms with van der Waals surface area (Å²) >= 11 is 0. The maximum Gasteiger partial charge on any atom is 0.238 e. The number of aromatic hydroxyl groups is 2. The second kappa shape index (κ2) is 11.6. The van der Waals surface area contributed by atoms with E-state index in [9.17, 15) is 35.4 Å². The quantitative estimate of drug-likeness (QED) is 0.220. The summed E-state index contributed by atoms with van der Waals surface area (Å²) in [5.41, 5.74) is -0.945. The highest BCUT2D eigenvalue weighted by atomic mass is 16.7. The predicted octanol–water partition coefficient (Wildman–Crippen LogP) is 1.42. The molecule has 0 amide bonds. The van der Waals surface area contributed by atoms with Crippen molar-refractivity contribution in [1.29, 1.82) is 0 Å². The van der Waals surface area contributed by atoms with Gasteiger partial charge < -0.3 is 54.0 Å². The van der Waals surface area contributed by atoms with Crippen molar-refractivity contribution in [2.45, 2.75) is 63.0 Å². The predicted molar refractivity (Wildman–Crippen MR) is 142 cm³/mol. The first-order valence-electron chi connectivity index (χ1n) is 12.6. The molecule has 40 heavy (non-hydrogen) atoms. The second-order valence-corrected chi connectivity index (χ2v) is 10.2. The zero-order valence-electron chi connectivity index (χ0n) is 22.5. The van der Waals surface area contributed by atoms with Crippen LogP contribution in [0.3, 0.4) is 0 Å². The van der Waals surface area contributed by atoms with Crippen molar-refractivity contribution in [3.63, 3.8) is 0 Å². The highest BCUT2D eigenvalue weighted by molar-refractivity contribution is 5.91. The Morgan fingerprint density at radius 1 is 1.00 bits per heavy atom. The van der Waals surface area contributed by atoms with Gasteiger partial charge in [-0.2, -0.15) is 0 Å². The van der Waals surface area contributed by atoms with E-state index in [1.165, 1.54) is 7.11 Å². The van der Waals surface area contributed by atoms with Crippen LogP contribution in [-0.4, -0.2) is 87.8 Å². The summed E-state index contributed by atoms with van der Waals surface area (Å²) in [6.07, 6.45) is -7.24. The molecule has 1 aromatic heterocycles. The highest BCUT2D eigenvalue weighted by Gasteiger charge is 2.45. The maximum absolute atomic E-state index is 13.3. The van der Waals surface area contributed by atoms with Gasteiger partial charge in [-0.3, -0.25) is 4.79 Å². The van der Waals surface area contributed by atoms with Crippen molar-refractivity contribution >= 4 is 11.0 Å². The number of rotatable bonds is 9. The molecule has 2 heterocycles. The SMILES string of the molecule is COc1ccc(-c2oc3c(CCC(C)(C)OC)c(O[C@@H]4OC(CO)[C@@H](O)C(O)[C@@H]4O)cc(O)c3c(=O)c2O)cc1. The zero-order valence-corrected chi connectivity index (χ0v) is 22.5. The Morgan fingerprint density at radius 3 is 2.27 bits per heavy atom. The minimum atomic E-state index is -1.72. The van der Waals surface area contributed by atoms with Gasteiger partial charge >= 0.3 is 0 Å². The maximum atomic E-state index is 13.3. The van der Waals surface area contributed by atoms with Gasteiger partial charge in [-0.25, -0.2) is 0 Å². The number of phenols is 1. The first-order chi connectivity index (χ1) is 18.9. The van der Waals surface area contributed by atoms with Crippen LogP contribution in [-0.2, 0) is 15.9 Å². The van der Waals surface area contributed by atoms with E-state index < -0.39 is 59.8 Å². The van der Waals surface area contributed by atoms with Gasteiger partial charge in [0.2, 0.25) is 17.5 Å². The van der Waals surface area contributed by atoms with Crippen molar-refractivity contribution in [2.24, 2.45) is 0 Å². The molecule has 4 rings (SSSR count). The van der Waals surface area contributed by atoms with Crippen LogP contribution in [0.5, 0.6) is 23.0 Å². The third-order valence-electron chi connectivity index (χ3n) is 7.16. The van der Waals surface area contributed by atoms with E-state index in [2.05, 4.69) is 0 Å². The number of ether oxygens (including phenoxy) is 4. The standard InChI is InChI=1S/C28H34O12/c1-28(2,37-4)10-9-15-17(38-27-24(35)22(33)20(31)18(12-29)39-27)11-16(30)19-21(32)23(34)25(40-26(15)19)13-5-7-14(36-3)8-6-13/h5-8,11,18,20,22,24,27,29-31,33-35H,9-10,12H2,1-4H3/t18?,20-,22?,24+,27-/m1/s1. The number of aliphatic hydroxyl groups is 4. The van der Waals surface area contributed by atoms with E-state index in [1.54, 1.807) is 31.4 Å². The lowest BCUT2D eigenvalue weighted by molar-refractivity contribution is -0.277. The van der Waals surface area contributed by atoms with Gasteiger partial charge in [-0.05, 0) is 51.0 Å². The molecule has 1 fully saturated rings. The molecule has 2 aromatic carbocycles. The fourth-order valence-electron chi connectivity index (χ4n) is 4.46. The number of hydrogen-bond acceptors (Lipinski definition) is 12. The van der Waals surface area contributed by atoms with Crippen molar-refractivity contribution in [1.82, 2.24) is 0 Å². The average molecular weight is 563 g/mol. The molecule has 0 spiro atoms. The topological polar surface area (TPSA) is 189 Å². The van der Waals surface area contributed by atoms with Crippen LogP contribution in [0.15, 0.2) is 39.5 Å². The molecule has 1 aliphatic heterocycles. The number of aryl methyl sites for hydroxylation is 1. The van der Waals surface area contributed by atoms with Crippen molar-refractivity contribution in [3.05, 3.63) is 46.1 Å². The smallest absolute Gasteiger partial charge is 0.238 e. The lowest BCUT2D eigenvalue weighted by Gasteiger charge is -2.39. The molecular formula is C28H34O12. The van der Waals surface area contributed by atoms with Crippen LogP contribution in [0.1, 0.15) is 25.8 Å². The number of fused-ring (bicyclic) bond motifs is 1. The van der Waals surface area contributed by atoms with Crippen molar-refractivity contribution in [3.8, 4) is 34.3 Å². The molecule has 218 valence electrons. The highest BCUT2D eigenvalue weighted by Crippen LogP contribution is 2.41. The normalized spacial score (nSPS) is 23.4. The van der Waals surface area contributed by atoms with Gasteiger partial charge in [0.1, 0.15) is 52.6 Å². The molecule has 12 nitrogen and oxygen atoms in total. The number of phenolic OH excluding ortho intramolecular Hbond substituents is 1. The lowest BCUT2D eigenvalue weighted by Crippen LogP contribution is -2.60. The monoisotopic (exact) mass is 562 g/mol. The molecule has 6 N–H and O–H groups in total. The minimum Gasteiger partial charge on any atom is -0.507 e. The molecular weight excluding hydrogens is 528 g/mol. The average Bonchev–Trinajstić information content (AvgIpc) is 2.94. The van der Waals surface area contributed by atoms with Crippen LogP contribution < -0.4 is 14.9 Å². The molecule has 1 aliphatic rings. The first-order valence-corrected chi connectivity index (χ1v) is 12.6. The molecule has 0 saturated carbocycles. The molecule has 0 bridgehead atoms. The Bertz CT molecular complexity index is 1400. The Morgan fingerprint density at radius 2 is 1.68 bits per heavy atom.